The van der Waals surface area contributed by atoms with E-state index in [-0.39, 0.29) is 11.7 Å². The first-order valence-electron chi connectivity index (χ1n) is 5.17. The molecule has 0 spiro atoms. The highest BCUT2D eigenvalue weighted by Crippen LogP contribution is 2.26. The van der Waals surface area contributed by atoms with Crippen molar-refractivity contribution in [1.82, 2.24) is 0 Å². The Balaban J connectivity index is 2.18. The van der Waals surface area contributed by atoms with Crippen LogP contribution in [-0.4, -0.2) is 17.3 Å². The molecule has 0 bridgehead atoms. The van der Waals surface area contributed by atoms with Gasteiger partial charge in [0.2, 0.25) is 0 Å². The summed E-state index contributed by atoms with van der Waals surface area (Å²) in [4.78, 5) is 0. The Morgan fingerprint density at radius 2 is 1.88 bits per heavy atom. The van der Waals surface area contributed by atoms with Gasteiger partial charge in [0, 0.05) is 0 Å². The summed E-state index contributed by atoms with van der Waals surface area (Å²) < 4.78 is 38.9. The Morgan fingerprint density at radius 3 is 2.50 bits per heavy atom. The van der Waals surface area contributed by atoms with E-state index in [1.54, 1.807) is 0 Å². The summed E-state index contributed by atoms with van der Waals surface area (Å²) in [6, 6.07) is 1.71. The normalized spacial score (nSPS) is 24.8. The lowest BCUT2D eigenvalue weighted by Gasteiger charge is -2.18. The molecule has 2 atom stereocenters. The molecule has 0 amide bonds. The van der Waals surface area contributed by atoms with Crippen molar-refractivity contribution in [3.8, 4) is 0 Å². The Kier molecular flexibility index (Phi) is 3.05. The molecule has 0 radical (unpaired) electrons. The molecule has 16 heavy (non-hydrogen) atoms. The zero-order valence-electron chi connectivity index (χ0n) is 8.51. The van der Waals surface area contributed by atoms with Crippen LogP contribution in [0.2, 0.25) is 0 Å². The van der Waals surface area contributed by atoms with Gasteiger partial charge in [0.15, 0.2) is 17.5 Å². The minimum absolute atomic E-state index is 0.107. The van der Waals surface area contributed by atoms with Gasteiger partial charge in [0.05, 0.1) is 17.8 Å². The second-order valence-electron chi connectivity index (χ2n) is 3.97. The third-order valence-electron chi connectivity index (χ3n) is 2.86. The van der Waals surface area contributed by atoms with Gasteiger partial charge in [-0.1, -0.05) is 0 Å². The molecule has 2 N–H and O–H groups in total. The van der Waals surface area contributed by atoms with Gasteiger partial charge in [-0.25, -0.2) is 13.2 Å². The minimum atomic E-state index is -1.49. The lowest BCUT2D eigenvalue weighted by molar-refractivity contribution is 0.171. The Hall–Kier alpha value is -1.23. The maximum absolute atomic E-state index is 13.3. The molecule has 0 saturated heterocycles. The van der Waals surface area contributed by atoms with Gasteiger partial charge in [-0.05, 0) is 31.4 Å². The van der Waals surface area contributed by atoms with Gasteiger partial charge in [0.1, 0.15) is 0 Å². The van der Waals surface area contributed by atoms with E-state index in [4.69, 9.17) is 0 Å². The summed E-state index contributed by atoms with van der Waals surface area (Å²) in [6.07, 6.45) is 1.61. The van der Waals surface area contributed by atoms with E-state index in [1.807, 2.05) is 0 Å². The fourth-order valence-corrected chi connectivity index (χ4v) is 1.95. The number of anilines is 1. The molecule has 1 saturated carbocycles. The van der Waals surface area contributed by atoms with E-state index >= 15 is 0 Å². The summed E-state index contributed by atoms with van der Waals surface area (Å²) in [5.41, 5.74) is -0.107. The Morgan fingerprint density at radius 1 is 1.12 bits per heavy atom. The fourth-order valence-electron chi connectivity index (χ4n) is 1.95. The summed E-state index contributed by atoms with van der Waals surface area (Å²) >= 11 is 0. The summed E-state index contributed by atoms with van der Waals surface area (Å²) in [6.45, 7) is 0. The highest BCUT2D eigenvalue weighted by molar-refractivity contribution is 5.46. The topological polar surface area (TPSA) is 32.3 Å². The van der Waals surface area contributed by atoms with E-state index < -0.39 is 23.6 Å². The molecule has 0 aliphatic heterocycles. The molecule has 5 heteroatoms. The summed E-state index contributed by atoms with van der Waals surface area (Å²) in [5.74, 6) is -3.94. The largest absolute Gasteiger partial charge is 0.391 e. The zero-order chi connectivity index (χ0) is 11.7. The highest BCUT2D eigenvalue weighted by Gasteiger charge is 2.26. The van der Waals surface area contributed by atoms with Gasteiger partial charge in [-0.2, -0.15) is 0 Å². The molecule has 1 aromatic carbocycles. The standard InChI is InChI=1S/C11H12F3NO/c12-6-4-5-8(11(14)10(6)13)15-7-2-1-3-9(7)16/h4-5,7,9,15-16H,1-3H2. The third-order valence-corrected chi connectivity index (χ3v) is 2.86. The average Bonchev–Trinajstić information content (AvgIpc) is 2.65. The van der Waals surface area contributed by atoms with Crippen molar-refractivity contribution in [2.75, 3.05) is 5.32 Å². The van der Waals surface area contributed by atoms with E-state index in [0.717, 1.165) is 18.6 Å². The molecule has 0 heterocycles. The number of aliphatic hydroxyl groups excluding tert-OH is 1. The smallest absolute Gasteiger partial charge is 0.196 e. The lowest BCUT2D eigenvalue weighted by atomic mass is 10.2. The van der Waals surface area contributed by atoms with E-state index in [1.165, 1.54) is 0 Å². The van der Waals surface area contributed by atoms with Crippen LogP contribution in [0.3, 0.4) is 0 Å². The maximum Gasteiger partial charge on any atom is 0.196 e. The van der Waals surface area contributed by atoms with Crippen LogP contribution in [0.1, 0.15) is 19.3 Å². The third kappa shape index (κ3) is 2.00. The van der Waals surface area contributed by atoms with Crippen molar-refractivity contribution in [1.29, 1.82) is 0 Å². The van der Waals surface area contributed by atoms with Crippen molar-refractivity contribution >= 4 is 5.69 Å². The first-order valence-corrected chi connectivity index (χ1v) is 5.17. The van der Waals surface area contributed by atoms with E-state index in [0.29, 0.717) is 12.8 Å². The average molecular weight is 231 g/mol. The number of nitrogens with one attached hydrogen (secondary N) is 1. The van der Waals surface area contributed by atoms with Crippen LogP contribution in [0.5, 0.6) is 0 Å². The number of rotatable bonds is 2. The van der Waals surface area contributed by atoms with Gasteiger partial charge >= 0.3 is 0 Å². The summed E-state index contributed by atoms with van der Waals surface area (Å²) in [7, 11) is 0. The summed E-state index contributed by atoms with van der Waals surface area (Å²) in [5, 5.41) is 12.2. The molecule has 1 aliphatic carbocycles. The molecule has 2 unspecified atom stereocenters. The second-order valence-corrected chi connectivity index (χ2v) is 3.97. The van der Waals surface area contributed by atoms with Crippen LogP contribution in [0.25, 0.3) is 0 Å². The van der Waals surface area contributed by atoms with Crippen molar-refractivity contribution in [2.24, 2.45) is 0 Å². The zero-order valence-corrected chi connectivity index (χ0v) is 8.51. The molecular formula is C11H12F3NO. The van der Waals surface area contributed by atoms with Crippen LogP contribution in [-0.2, 0) is 0 Å². The molecule has 0 aromatic heterocycles. The molecular weight excluding hydrogens is 219 g/mol. The van der Waals surface area contributed by atoms with Crippen LogP contribution in [0, 0.1) is 17.5 Å². The van der Waals surface area contributed by atoms with Gasteiger partial charge in [0.25, 0.3) is 0 Å². The van der Waals surface area contributed by atoms with Gasteiger partial charge < -0.3 is 10.4 Å². The Labute approximate surface area is 91.1 Å². The van der Waals surface area contributed by atoms with Crippen LogP contribution in [0.4, 0.5) is 18.9 Å². The van der Waals surface area contributed by atoms with Crippen molar-refractivity contribution in [3.63, 3.8) is 0 Å². The van der Waals surface area contributed by atoms with E-state index in [2.05, 4.69) is 5.32 Å². The molecule has 1 aromatic rings. The van der Waals surface area contributed by atoms with Crippen molar-refractivity contribution < 1.29 is 18.3 Å². The number of benzene rings is 1. The van der Waals surface area contributed by atoms with E-state index in [9.17, 15) is 18.3 Å². The number of aliphatic hydroxyl groups is 1. The molecule has 2 rings (SSSR count). The maximum atomic E-state index is 13.3. The molecule has 1 fully saturated rings. The predicted octanol–water partition coefficient (Wildman–Crippen LogP) is 2.43. The first kappa shape index (κ1) is 11.3. The number of hydrogen-bond acceptors (Lipinski definition) is 2. The number of hydrogen-bond donors (Lipinski definition) is 2. The Bertz CT molecular complexity index is 397. The van der Waals surface area contributed by atoms with Gasteiger partial charge in [-0.15, -0.1) is 0 Å². The quantitative estimate of drug-likeness (QED) is 0.766. The fraction of sp³-hybridized carbons (Fsp3) is 0.455. The van der Waals surface area contributed by atoms with Crippen LogP contribution < -0.4 is 5.32 Å². The SMILES string of the molecule is OC1CCCC1Nc1ccc(F)c(F)c1F. The van der Waals surface area contributed by atoms with Crippen LogP contribution in [0.15, 0.2) is 12.1 Å². The highest BCUT2D eigenvalue weighted by atomic mass is 19.2. The minimum Gasteiger partial charge on any atom is -0.391 e. The molecule has 88 valence electrons. The van der Waals surface area contributed by atoms with Crippen LogP contribution >= 0.6 is 0 Å². The second kappa shape index (κ2) is 4.33. The molecule has 1 aliphatic rings. The molecule has 2 nitrogen and oxygen atoms in total. The monoisotopic (exact) mass is 231 g/mol. The van der Waals surface area contributed by atoms with Gasteiger partial charge in [-0.3, -0.25) is 0 Å². The predicted molar refractivity (Wildman–Crippen MR) is 53.6 cm³/mol. The number of halogens is 3. The first-order chi connectivity index (χ1) is 7.59. The lowest BCUT2D eigenvalue weighted by Crippen LogP contribution is -2.28. The van der Waals surface area contributed by atoms with Crippen molar-refractivity contribution in [3.05, 3.63) is 29.6 Å². The van der Waals surface area contributed by atoms with Crippen molar-refractivity contribution in [2.45, 2.75) is 31.4 Å².